The molecule has 2 N–H and O–H groups in total. The van der Waals surface area contributed by atoms with Crippen molar-refractivity contribution in [2.24, 2.45) is 0 Å². The molecule has 0 spiro atoms. The van der Waals surface area contributed by atoms with Crippen LogP contribution < -0.4 is 10.2 Å². The normalized spacial score (nSPS) is 15.1. The van der Waals surface area contributed by atoms with Crippen molar-refractivity contribution in [1.82, 2.24) is 5.32 Å². The molecule has 0 aliphatic rings. The first-order valence-electron chi connectivity index (χ1n) is 24.1. The van der Waals surface area contributed by atoms with E-state index >= 15 is 0 Å². The third-order valence-corrected chi connectivity index (χ3v) is 11.0. The van der Waals surface area contributed by atoms with Crippen molar-refractivity contribution in [1.29, 1.82) is 0 Å². The third kappa shape index (κ3) is 45.3. The van der Waals surface area contributed by atoms with Gasteiger partial charge in [-0.15, -0.1) is 0 Å². The topological polar surface area (TPSA) is 108 Å². The van der Waals surface area contributed by atoms with E-state index < -0.39 is 26.6 Å². The lowest BCUT2D eigenvalue weighted by Crippen LogP contribution is -2.45. The number of nitrogens with zero attached hydrogens (tertiary/aromatic N) is 1. The molecule has 3 unspecified atom stereocenters. The molecule has 0 heterocycles. The first-order valence-corrected chi connectivity index (χ1v) is 25.6. The fraction of sp³-hybridized carbons (Fsp3) is 0.673. The second-order valence-electron chi connectivity index (χ2n) is 17.1. The Labute approximate surface area is 375 Å². The standard InChI is InChI=1S/C52H91N2O6P/c1-6-8-10-12-14-16-18-20-22-24-25-26-27-28-29-30-32-34-36-38-40-42-44-46-52(56)53-50(49-60-61(57,58)59-48-47-54(3,4)5)51(55)45-43-41-39-37-35-33-31-23-21-19-17-15-13-11-9-7-2/h8,10,14,16,20,22,25-26,28-29,32,34,38,40,43,45,50-51,55H,6-7,9,11-13,15,17-19,21,23-24,27,30-31,33,35-37,39,41-42,44,46-49H2,1-5H3,(H-,53,56,57,58)/b10-8-,16-14-,22-20-,26-25-,29-28-,34-32-,40-38-,45-43+. The molecule has 8 nitrogen and oxygen atoms in total. The molecule has 1 amide bonds. The lowest BCUT2D eigenvalue weighted by atomic mass is 10.0. The number of unbranched alkanes of at least 4 members (excludes halogenated alkanes) is 15. The molecule has 0 fully saturated rings. The Morgan fingerprint density at radius 3 is 1.44 bits per heavy atom. The summed E-state index contributed by atoms with van der Waals surface area (Å²) in [5.41, 5.74) is 0. The van der Waals surface area contributed by atoms with Gasteiger partial charge in [-0.25, -0.2) is 0 Å². The highest BCUT2D eigenvalue weighted by molar-refractivity contribution is 7.45. The van der Waals surface area contributed by atoms with Crippen LogP contribution in [0, 0.1) is 0 Å². The van der Waals surface area contributed by atoms with Crippen molar-refractivity contribution in [3.8, 4) is 0 Å². The Kier molecular flexibility index (Phi) is 40.9. The SMILES string of the molecule is CC/C=C\C/C=C\C/C=C\C/C=C\C/C=C\C/C=C\C/C=C\CCCC(=O)NC(COP(=O)([O-])OCC[N+](C)(C)C)C(O)/C=C/CCCCCCCCCCCCCCCC. The van der Waals surface area contributed by atoms with Gasteiger partial charge in [0.25, 0.3) is 7.82 Å². The molecular formula is C52H91N2O6P. The summed E-state index contributed by atoms with van der Waals surface area (Å²) >= 11 is 0. The minimum absolute atomic E-state index is 0.0173. The Balaban J connectivity index is 4.51. The molecule has 0 bridgehead atoms. The molecule has 0 saturated carbocycles. The van der Waals surface area contributed by atoms with Crippen LogP contribution in [0.1, 0.15) is 174 Å². The summed E-state index contributed by atoms with van der Waals surface area (Å²) in [4.78, 5) is 25.3. The number of likely N-dealkylation sites (N-methyl/N-ethyl adjacent to an activating group) is 1. The maximum absolute atomic E-state index is 12.9. The molecule has 350 valence electrons. The molecule has 0 aliphatic heterocycles. The Bertz CT molecular complexity index is 1310. The lowest BCUT2D eigenvalue weighted by Gasteiger charge is -2.29. The Morgan fingerprint density at radius 2 is 1.00 bits per heavy atom. The van der Waals surface area contributed by atoms with Gasteiger partial charge in [-0.2, -0.15) is 0 Å². The average Bonchev–Trinajstić information content (AvgIpc) is 3.21. The number of hydrogen-bond donors (Lipinski definition) is 2. The minimum Gasteiger partial charge on any atom is -0.756 e. The number of phosphoric ester groups is 1. The van der Waals surface area contributed by atoms with Crippen molar-refractivity contribution in [2.45, 2.75) is 187 Å². The number of nitrogens with one attached hydrogen (secondary N) is 1. The summed E-state index contributed by atoms with van der Waals surface area (Å²) in [7, 11) is 1.21. The van der Waals surface area contributed by atoms with Gasteiger partial charge in [0.05, 0.1) is 39.9 Å². The second kappa shape index (κ2) is 42.7. The number of carbonyl (C=O) groups is 1. The summed E-state index contributed by atoms with van der Waals surface area (Å²) in [6.07, 6.45) is 60.3. The van der Waals surface area contributed by atoms with Gasteiger partial charge >= 0.3 is 0 Å². The number of amides is 1. The van der Waals surface area contributed by atoms with Crippen LogP contribution in [-0.4, -0.2) is 68.5 Å². The van der Waals surface area contributed by atoms with Gasteiger partial charge in [0, 0.05) is 6.42 Å². The molecule has 0 aromatic carbocycles. The van der Waals surface area contributed by atoms with Crippen molar-refractivity contribution in [3.63, 3.8) is 0 Å². The second-order valence-corrected chi connectivity index (χ2v) is 18.5. The molecule has 0 saturated heterocycles. The monoisotopic (exact) mass is 871 g/mol. The summed E-state index contributed by atoms with van der Waals surface area (Å²) in [6.45, 7) is 4.47. The quantitative estimate of drug-likeness (QED) is 0.0274. The van der Waals surface area contributed by atoms with Crippen LogP contribution in [0.15, 0.2) is 97.2 Å². The van der Waals surface area contributed by atoms with Crippen LogP contribution in [0.3, 0.4) is 0 Å². The highest BCUT2D eigenvalue weighted by Gasteiger charge is 2.23. The highest BCUT2D eigenvalue weighted by atomic mass is 31.2. The van der Waals surface area contributed by atoms with Gasteiger partial charge in [0.15, 0.2) is 0 Å². The molecule has 0 aromatic heterocycles. The van der Waals surface area contributed by atoms with Crippen LogP contribution in [0.4, 0.5) is 0 Å². The third-order valence-electron chi connectivity index (χ3n) is 10.0. The maximum Gasteiger partial charge on any atom is 0.268 e. The molecule has 9 heteroatoms. The smallest absolute Gasteiger partial charge is 0.268 e. The number of aliphatic hydroxyl groups is 1. The fourth-order valence-corrected chi connectivity index (χ4v) is 6.98. The van der Waals surface area contributed by atoms with Gasteiger partial charge in [0.1, 0.15) is 13.2 Å². The summed E-state index contributed by atoms with van der Waals surface area (Å²) in [5, 5.41) is 13.8. The molecule has 0 aromatic rings. The van der Waals surface area contributed by atoms with Crippen molar-refractivity contribution >= 4 is 13.7 Å². The van der Waals surface area contributed by atoms with Crippen LogP contribution in [-0.2, 0) is 18.4 Å². The van der Waals surface area contributed by atoms with E-state index in [-0.39, 0.29) is 18.9 Å². The highest BCUT2D eigenvalue weighted by Crippen LogP contribution is 2.38. The molecule has 3 atom stereocenters. The predicted molar refractivity (Wildman–Crippen MR) is 260 cm³/mol. The van der Waals surface area contributed by atoms with E-state index in [0.717, 1.165) is 70.6 Å². The molecule has 0 rings (SSSR count). The van der Waals surface area contributed by atoms with E-state index in [1.54, 1.807) is 6.08 Å². The van der Waals surface area contributed by atoms with Gasteiger partial charge in [-0.3, -0.25) is 9.36 Å². The van der Waals surface area contributed by atoms with E-state index in [4.69, 9.17) is 9.05 Å². The van der Waals surface area contributed by atoms with Crippen molar-refractivity contribution in [3.05, 3.63) is 97.2 Å². The predicted octanol–water partition coefficient (Wildman–Crippen LogP) is 13.3. The zero-order valence-electron chi connectivity index (χ0n) is 39.6. The summed E-state index contributed by atoms with van der Waals surface area (Å²) in [6, 6.07) is -0.923. The number of rotatable bonds is 42. The average molecular weight is 871 g/mol. The first-order chi connectivity index (χ1) is 29.5. The Hall–Kier alpha value is -2.58. The van der Waals surface area contributed by atoms with E-state index in [9.17, 15) is 19.4 Å². The molecule has 0 aliphatic carbocycles. The van der Waals surface area contributed by atoms with Gasteiger partial charge in [-0.05, 0) is 70.6 Å². The zero-order chi connectivity index (χ0) is 45.0. The maximum atomic E-state index is 12.9. The van der Waals surface area contributed by atoms with E-state index in [0.29, 0.717) is 17.4 Å². The van der Waals surface area contributed by atoms with Crippen molar-refractivity contribution in [2.75, 3.05) is 40.9 Å². The van der Waals surface area contributed by atoms with Gasteiger partial charge in [-0.1, -0.05) is 195 Å². The number of carbonyl (C=O) groups excluding carboxylic acids is 1. The van der Waals surface area contributed by atoms with Crippen LogP contribution >= 0.6 is 7.82 Å². The van der Waals surface area contributed by atoms with Crippen molar-refractivity contribution < 1.29 is 32.9 Å². The van der Waals surface area contributed by atoms with E-state index in [1.165, 1.54) is 77.0 Å². The van der Waals surface area contributed by atoms with Crippen LogP contribution in [0.25, 0.3) is 0 Å². The largest absolute Gasteiger partial charge is 0.756 e. The molecule has 0 radical (unpaired) electrons. The van der Waals surface area contributed by atoms with E-state index in [2.05, 4.69) is 104 Å². The molecule has 61 heavy (non-hydrogen) atoms. The van der Waals surface area contributed by atoms with E-state index in [1.807, 2.05) is 27.2 Å². The number of phosphoric acid groups is 1. The summed E-state index contributed by atoms with van der Waals surface area (Å²) < 4.78 is 23.2. The van der Waals surface area contributed by atoms with Gasteiger partial charge in [0.2, 0.25) is 5.91 Å². The van der Waals surface area contributed by atoms with Crippen LogP contribution in [0.2, 0.25) is 0 Å². The number of hydrogen-bond acceptors (Lipinski definition) is 6. The van der Waals surface area contributed by atoms with Gasteiger partial charge < -0.3 is 28.8 Å². The minimum atomic E-state index is -4.61. The fourth-order valence-electron chi connectivity index (χ4n) is 6.26. The van der Waals surface area contributed by atoms with Crippen LogP contribution in [0.5, 0.6) is 0 Å². The lowest BCUT2D eigenvalue weighted by molar-refractivity contribution is -0.870. The number of quaternary nitrogens is 1. The number of aliphatic hydroxyl groups excluding tert-OH is 1. The zero-order valence-corrected chi connectivity index (χ0v) is 40.5. The Morgan fingerprint density at radius 1 is 0.590 bits per heavy atom. The molecular weight excluding hydrogens is 780 g/mol. The summed E-state index contributed by atoms with van der Waals surface area (Å²) in [5.74, 6) is -0.259. The first kappa shape index (κ1) is 58.4. The number of allylic oxidation sites excluding steroid dienone is 15.